The van der Waals surface area contributed by atoms with E-state index in [1.54, 1.807) is 0 Å². The number of hydrogen-bond donors (Lipinski definition) is 2. The van der Waals surface area contributed by atoms with Crippen LogP contribution in [0.3, 0.4) is 0 Å². The van der Waals surface area contributed by atoms with Gasteiger partial charge in [-0.3, -0.25) is 0 Å². The van der Waals surface area contributed by atoms with Crippen molar-refractivity contribution in [2.24, 2.45) is 5.73 Å². The van der Waals surface area contributed by atoms with Crippen LogP contribution in [0.4, 0.5) is 5.69 Å². The van der Waals surface area contributed by atoms with Crippen molar-refractivity contribution >= 4 is 5.69 Å². The van der Waals surface area contributed by atoms with E-state index >= 15 is 0 Å². The molecule has 3 rings (SSSR count). The van der Waals surface area contributed by atoms with Crippen molar-refractivity contribution in [1.82, 2.24) is 0 Å². The zero-order valence-electron chi connectivity index (χ0n) is 14.0. The average Bonchev–Trinajstić information content (AvgIpc) is 2.58. The third-order valence-corrected chi connectivity index (χ3v) is 5.50. The minimum Gasteiger partial charge on any atom is -0.382 e. The summed E-state index contributed by atoms with van der Waals surface area (Å²) >= 11 is 0. The predicted octanol–water partition coefficient (Wildman–Crippen LogP) is 4.33. The van der Waals surface area contributed by atoms with E-state index in [9.17, 15) is 0 Å². The highest BCUT2D eigenvalue weighted by Crippen LogP contribution is 2.49. The molecular formula is C19H30N2. The summed E-state index contributed by atoms with van der Waals surface area (Å²) in [6, 6.07) is 8.04. The fraction of sp³-hybridized carbons (Fsp3) is 0.684. The first-order chi connectivity index (χ1) is 9.78. The van der Waals surface area contributed by atoms with Crippen molar-refractivity contribution < 1.29 is 0 Å². The third kappa shape index (κ3) is 2.83. The van der Waals surface area contributed by atoms with Crippen molar-refractivity contribution in [1.29, 1.82) is 0 Å². The van der Waals surface area contributed by atoms with Gasteiger partial charge in [-0.1, -0.05) is 33.8 Å². The fourth-order valence-corrected chi connectivity index (χ4v) is 4.58. The Morgan fingerprint density at radius 3 is 2.24 bits per heavy atom. The predicted molar refractivity (Wildman–Crippen MR) is 91.0 cm³/mol. The van der Waals surface area contributed by atoms with Crippen LogP contribution in [0.2, 0.25) is 0 Å². The van der Waals surface area contributed by atoms with E-state index in [0.717, 1.165) is 12.8 Å². The number of nitrogens with one attached hydrogen (secondary N) is 1. The normalized spacial score (nSPS) is 30.0. The lowest BCUT2D eigenvalue weighted by Crippen LogP contribution is -2.32. The molecule has 1 saturated carbocycles. The zero-order chi connectivity index (χ0) is 15.3. The quantitative estimate of drug-likeness (QED) is 0.849. The largest absolute Gasteiger partial charge is 0.382 e. The Hall–Kier alpha value is -1.02. The minimum absolute atomic E-state index is 0.283. The van der Waals surface area contributed by atoms with Crippen molar-refractivity contribution in [3.63, 3.8) is 0 Å². The second-order valence-electron chi connectivity index (χ2n) is 8.46. The standard InChI is InChI=1S/C19H30N2/c1-18(2)12-19(3,4)17-11-15(9-10-16(17)18)21-14-7-5-13(20)6-8-14/h9-11,13-14,21H,5-8,12,20H2,1-4H3. The monoisotopic (exact) mass is 286 g/mol. The topological polar surface area (TPSA) is 38.0 Å². The third-order valence-electron chi connectivity index (χ3n) is 5.50. The van der Waals surface area contributed by atoms with Gasteiger partial charge < -0.3 is 11.1 Å². The molecule has 0 unspecified atom stereocenters. The summed E-state index contributed by atoms with van der Waals surface area (Å²) in [5, 5.41) is 3.74. The van der Waals surface area contributed by atoms with Gasteiger partial charge in [0.05, 0.1) is 0 Å². The number of benzene rings is 1. The minimum atomic E-state index is 0.283. The van der Waals surface area contributed by atoms with E-state index in [1.165, 1.54) is 36.1 Å². The van der Waals surface area contributed by atoms with Gasteiger partial charge in [0.25, 0.3) is 0 Å². The molecule has 0 atom stereocenters. The molecule has 2 aliphatic carbocycles. The molecule has 0 heterocycles. The lowest BCUT2D eigenvalue weighted by molar-refractivity contribution is 0.403. The summed E-state index contributed by atoms with van der Waals surface area (Å²) in [4.78, 5) is 0. The lowest BCUT2D eigenvalue weighted by atomic mass is 9.82. The molecule has 1 aromatic carbocycles. The maximum atomic E-state index is 6.00. The summed E-state index contributed by atoms with van der Waals surface area (Å²) < 4.78 is 0. The molecule has 3 N–H and O–H groups in total. The summed E-state index contributed by atoms with van der Waals surface area (Å²) in [6.07, 6.45) is 5.94. The molecule has 0 bridgehead atoms. The van der Waals surface area contributed by atoms with Crippen LogP contribution in [-0.4, -0.2) is 12.1 Å². The number of anilines is 1. The molecule has 116 valence electrons. The van der Waals surface area contributed by atoms with Crippen LogP contribution >= 0.6 is 0 Å². The second kappa shape index (κ2) is 5.01. The second-order valence-corrected chi connectivity index (χ2v) is 8.46. The van der Waals surface area contributed by atoms with E-state index in [2.05, 4.69) is 51.2 Å². The van der Waals surface area contributed by atoms with Crippen molar-refractivity contribution in [2.75, 3.05) is 5.32 Å². The summed E-state index contributed by atoms with van der Waals surface area (Å²) in [5.41, 5.74) is 10.9. The smallest absolute Gasteiger partial charge is 0.0345 e. The molecular weight excluding hydrogens is 256 g/mol. The van der Waals surface area contributed by atoms with Crippen LogP contribution in [0.15, 0.2) is 18.2 Å². The van der Waals surface area contributed by atoms with E-state index in [-0.39, 0.29) is 5.41 Å². The SMILES string of the molecule is CC1(C)CC(C)(C)c2cc(NC3CCC(N)CC3)ccc21. The van der Waals surface area contributed by atoms with Crippen LogP contribution in [0, 0.1) is 0 Å². The average molecular weight is 286 g/mol. The Kier molecular flexibility index (Phi) is 3.56. The Labute approximate surface area is 129 Å². The van der Waals surface area contributed by atoms with E-state index in [1.807, 2.05) is 0 Å². The zero-order valence-corrected chi connectivity index (χ0v) is 14.0. The molecule has 0 radical (unpaired) electrons. The Morgan fingerprint density at radius 1 is 0.952 bits per heavy atom. The van der Waals surface area contributed by atoms with Crippen molar-refractivity contribution in [3.8, 4) is 0 Å². The Morgan fingerprint density at radius 2 is 1.57 bits per heavy atom. The first kappa shape index (κ1) is 14.9. The molecule has 2 heteroatoms. The molecule has 0 aromatic heterocycles. The van der Waals surface area contributed by atoms with Gasteiger partial charge in [-0.05, 0) is 66.2 Å². The van der Waals surface area contributed by atoms with Gasteiger partial charge in [-0.15, -0.1) is 0 Å². The van der Waals surface area contributed by atoms with Crippen LogP contribution in [-0.2, 0) is 10.8 Å². The van der Waals surface area contributed by atoms with Gasteiger partial charge in [0.15, 0.2) is 0 Å². The van der Waals surface area contributed by atoms with Crippen LogP contribution in [0.25, 0.3) is 0 Å². The van der Waals surface area contributed by atoms with Gasteiger partial charge in [0.1, 0.15) is 0 Å². The van der Waals surface area contributed by atoms with E-state index < -0.39 is 0 Å². The van der Waals surface area contributed by atoms with Crippen molar-refractivity contribution in [2.45, 2.75) is 82.7 Å². The van der Waals surface area contributed by atoms with Crippen LogP contribution < -0.4 is 11.1 Å². The molecule has 0 saturated heterocycles. The molecule has 2 aliphatic rings. The molecule has 2 nitrogen and oxygen atoms in total. The molecule has 0 spiro atoms. The highest BCUT2D eigenvalue weighted by Gasteiger charge is 2.41. The molecule has 0 amide bonds. The highest BCUT2D eigenvalue weighted by molar-refractivity contribution is 5.55. The Bertz CT molecular complexity index is 522. The lowest BCUT2D eigenvalue weighted by Gasteiger charge is -2.28. The van der Waals surface area contributed by atoms with Crippen LogP contribution in [0.1, 0.15) is 70.9 Å². The van der Waals surface area contributed by atoms with Gasteiger partial charge in [-0.25, -0.2) is 0 Å². The van der Waals surface area contributed by atoms with Crippen LogP contribution in [0.5, 0.6) is 0 Å². The van der Waals surface area contributed by atoms with Gasteiger partial charge in [-0.2, -0.15) is 0 Å². The first-order valence-electron chi connectivity index (χ1n) is 8.45. The van der Waals surface area contributed by atoms with Crippen molar-refractivity contribution in [3.05, 3.63) is 29.3 Å². The number of fused-ring (bicyclic) bond motifs is 1. The maximum Gasteiger partial charge on any atom is 0.0345 e. The van der Waals surface area contributed by atoms with E-state index in [0.29, 0.717) is 17.5 Å². The Balaban J connectivity index is 1.80. The van der Waals surface area contributed by atoms with Gasteiger partial charge in [0, 0.05) is 17.8 Å². The summed E-state index contributed by atoms with van der Waals surface area (Å²) in [5.74, 6) is 0. The molecule has 21 heavy (non-hydrogen) atoms. The first-order valence-corrected chi connectivity index (χ1v) is 8.45. The summed E-state index contributed by atoms with van der Waals surface area (Å²) in [6.45, 7) is 9.50. The highest BCUT2D eigenvalue weighted by atomic mass is 14.9. The number of nitrogens with two attached hydrogens (primary N) is 1. The van der Waals surface area contributed by atoms with Gasteiger partial charge in [0.2, 0.25) is 0 Å². The molecule has 1 aromatic rings. The number of hydrogen-bond acceptors (Lipinski definition) is 2. The van der Waals surface area contributed by atoms with E-state index in [4.69, 9.17) is 5.73 Å². The van der Waals surface area contributed by atoms with Gasteiger partial charge >= 0.3 is 0 Å². The number of rotatable bonds is 2. The molecule has 0 aliphatic heterocycles. The summed E-state index contributed by atoms with van der Waals surface area (Å²) in [7, 11) is 0. The fourth-order valence-electron chi connectivity index (χ4n) is 4.58. The maximum absolute atomic E-state index is 6.00. The molecule has 1 fully saturated rings.